The number of unbranched alkanes of at least 4 members (excludes halogenated alkanes) is 1. The molecule has 90 valence electrons. The summed E-state index contributed by atoms with van der Waals surface area (Å²) >= 11 is 5.72. The van der Waals surface area contributed by atoms with Gasteiger partial charge in [0.05, 0.1) is 16.8 Å². The molecule has 1 unspecified atom stereocenters. The minimum atomic E-state index is -0.915. The van der Waals surface area contributed by atoms with Crippen LogP contribution in [-0.4, -0.2) is 21.2 Å². The number of rotatable bonds is 6. The minimum Gasteiger partial charge on any atom is -0.368 e. The van der Waals surface area contributed by atoms with Crippen LogP contribution >= 0.6 is 11.6 Å². The van der Waals surface area contributed by atoms with Crippen LogP contribution in [0.3, 0.4) is 0 Å². The van der Waals surface area contributed by atoms with Crippen molar-refractivity contribution >= 4 is 17.5 Å². The lowest BCUT2D eigenvalue weighted by Gasteiger charge is -2.19. The molecule has 16 heavy (non-hydrogen) atoms. The molecule has 1 aromatic rings. The number of amides is 1. The maximum absolute atomic E-state index is 11.0. The van der Waals surface area contributed by atoms with E-state index < -0.39 is 11.4 Å². The lowest BCUT2D eigenvalue weighted by molar-refractivity contribution is -0.122. The summed E-state index contributed by atoms with van der Waals surface area (Å²) in [6.45, 7) is 2.42. The number of hydrogen-bond donors (Lipinski definition) is 2. The molecule has 0 aliphatic heterocycles. The highest BCUT2D eigenvalue weighted by atomic mass is 35.5. The Bertz CT molecular complexity index is 361. The molecule has 1 heterocycles. The third-order valence-corrected chi connectivity index (χ3v) is 2.69. The Balaban J connectivity index is 2.24. The molecule has 0 saturated heterocycles. The van der Waals surface area contributed by atoms with Crippen molar-refractivity contribution in [2.45, 2.75) is 38.3 Å². The summed E-state index contributed by atoms with van der Waals surface area (Å²) in [4.78, 5) is 11.0. The molecule has 1 atom stereocenters. The van der Waals surface area contributed by atoms with Crippen molar-refractivity contribution in [3.8, 4) is 0 Å². The highest BCUT2D eigenvalue weighted by molar-refractivity contribution is 6.30. The van der Waals surface area contributed by atoms with Crippen LogP contribution < -0.4 is 11.5 Å². The van der Waals surface area contributed by atoms with Crippen LogP contribution in [0.1, 0.15) is 26.2 Å². The Kier molecular flexibility index (Phi) is 4.32. The number of carbonyl (C=O) groups excluding carboxylic acids is 1. The van der Waals surface area contributed by atoms with Gasteiger partial charge in [0.15, 0.2) is 0 Å². The van der Waals surface area contributed by atoms with E-state index in [9.17, 15) is 4.79 Å². The van der Waals surface area contributed by atoms with Gasteiger partial charge in [0.1, 0.15) is 0 Å². The van der Waals surface area contributed by atoms with E-state index in [4.69, 9.17) is 23.1 Å². The quantitative estimate of drug-likeness (QED) is 0.730. The lowest BCUT2D eigenvalue weighted by Crippen LogP contribution is -2.49. The van der Waals surface area contributed by atoms with Gasteiger partial charge in [-0.15, -0.1) is 0 Å². The molecule has 1 rings (SSSR count). The molecule has 0 radical (unpaired) electrons. The first kappa shape index (κ1) is 13.0. The molecule has 0 bridgehead atoms. The van der Waals surface area contributed by atoms with E-state index in [1.165, 1.54) is 0 Å². The fourth-order valence-corrected chi connectivity index (χ4v) is 1.51. The maximum Gasteiger partial charge on any atom is 0.237 e. The molecule has 0 saturated carbocycles. The predicted octanol–water partition coefficient (Wildman–Crippen LogP) is 0.909. The second kappa shape index (κ2) is 5.32. The summed E-state index contributed by atoms with van der Waals surface area (Å²) < 4.78 is 1.76. The Labute approximate surface area is 99.7 Å². The maximum atomic E-state index is 11.0. The second-order valence-corrected chi connectivity index (χ2v) is 4.60. The van der Waals surface area contributed by atoms with Crippen molar-refractivity contribution < 1.29 is 4.79 Å². The number of aromatic nitrogens is 2. The monoisotopic (exact) mass is 244 g/mol. The van der Waals surface area contributed by atoms with E-state index in [0.717, 1.165) is 19.4 Å². The van der Waals surface area contributed by atoms with Gasteiger partial charge in [-0.2, -0.15) is 5.10 Å². The topological polar surface area (TPSA) is 86.9 Å². The van der Waals surface area contributed by atoms with Crippen molar-refractivity contribution in [1.29, 1.82) is 0 Å². The average molecular weight is 245 g/mol. The van der Waals surface area contributed by atoms with Crippen LogP contribution in [0.4, 0.5) is 0 Å². The van der Waals surface area contributed by atoms with Crippen LogP contribution in [0.2, 0.25) is 5.02 Å². The zero-order valence-electron chi connectivity index (χ0n) is 9.32. The van der Waals surface area contributed by atoms with Gasteiger partial charge >= 0.3 is 0 Å². The van der Waals surface area contributed by atoms with Gasteiger partial charge in [0, 0.05) is 12.7 Å². The Morgan fingerprint density at radius 2 is 2.31 bits per heavy atom. The second-order valence-electron chi connectivity index (χ2n) is 4.16. The molecule has 5 nitrogen and oxygen atoms in total. The molecular weight excluding hydrogens is 228 g/mol. The largest absolute Gasteiger partial charge is 0.368 e. The molecule has 0 aliphatic carbocycles. The lowest BCUT2D eigenvalue weighted by atomic mass is 9.95. The van der Waals surface area contributed by atoms with Gasteiger partial charge in [-0.05, 0) is 26.2 Å². The molecule has 1 amide bonds. The molecule has 6 heteroatoms. The summed E-state index contributed by atoms with van der Waals surface area (Å²) in [5.74, 6) is -0.463. The summed E-state index contributed by atoms with van der Waals surface area (Å²) in [7, 11) is 0. The average Bonchev–Trinajstić information content (AvgIpc) is 2.59. The standard InChI is InChI=1S/C10H17ClN4O/c1-10(13,9(12)16)4-2-3-5-15-7-8(11)6-14-15/h6-7H,2-5,13H2,1H3,(H2,12,16). The van der Waals surface area contributed by atoms with E-state index >= 15 is 0 Å². The van der Waals surface area contributed by atoms with Gasteiger partial charge in [0.25, 0.3) is 0 Å². The van der Waals surface area contributed by atoms with Crippen LogP contribution in [0.15, 0.2) is 12.4 Å². The molecule has 0 spiro atoms. The smallest absolute Gasteiger partial charge is 0.237 e. The first-order valence-electron chi connectivity index (χ1n) is 5.18. The fraction of sp³-hybridized carbons (Fsp3) is 0.600. The summed E-state index contributed by atoms with van der Waals surface area (Å²) in [6, 6.07) is 0. The molecular formula is C10H17ClN4O. The van der Waals surface area contributed by atoms with Crippen LogP contribution in [0.25, 0.3) is 0 Å². The third kappa shape index (κ3) is 3.83. The number of nitrogens with zero attached hydrogens (tertiary/aromatic N) is 2. The summed E-state index contributed by atoms with van der Waals surface area (Å²) in [5.41, 5.74) is 9.98. The highest BCUT2D eigenvalue weighted by Crippen LogP contribution is 2.11. The third-order valence-electron chi connectivity index (χ3n) is 2.50. The number of carbonyl (C=O) groups is 1. The van der Waals surface area contributed by atoms with Crippen molar-refractivity contribution in [3.05, 3.63) is 17.4 Å². The normalized spacial score (nSPS) is 14.7. The fourth-order valence-electron chi connectivity index (χ4n) is 1.35. The van der Waals surface area contributed by atoms with Gasteiger partial charge in [0.2, 0.25) is 5.91 Å². The summed E-state index contributed by atoms with van der Waals surface area (Å²) in [5, 5.41) is 4.67. The van der Waals surface area contributed by atoms with Crippen molar-refractivity contribution in [2.24, 2.45) is 11.5 Å². The van der Waals surface area contributed by atoms with Gasteiger partial charge in [-0.1, -0.05) is 11.6 Å². The van der Waals surface area contributed by atoms with E-state index in [1.54, 1.807) is 24.0 Å². The van der Waals surface area contributed by atoms with E-state index in [2.05, 4.69) is 5.10 Å². The Morgan fingerprint density at radius 3 is 2.81 bits per heavy atom. The van der Waals surface area contributed by atoms with Crippen LogP contribution in [-0.2, 0) is 11.3 Å². The number of hydrogen-bond acceptors (Lipinski definition) is 3. The zero-order valence-corrected chi connectivity index (χ0v) is 10.1. The predicted molar refractivity (Wildman–Crippen MR) is 62.9 cm³/mol. The first-order valence-corrected chi connectivity index (χ1v) is 5.56. The molecule has 0 aliphatic rings. The molecule has 4 N–H and O–H groups in total. The van der Waals surface area contributed by atoms with Crippen molar-refractivity contribution in [1.82, 2.24) is 9.78 Å². The van der Waals surface area contributed by atoms with Gasteiger partial charge in [-0.25, -0.2) is 0 Å². The highest BCUT2D eigenvalue weighted by Gasteiger charge is 2.24. The zero-order chi connectivity index (χ0) is 12.2. The number of nitrogens with two attached hydrogens (primary N) is 2. The summed E-state index contributed by atoms with van der Waals surface area (Å²) in [6.07, 6.45) is 5.65. The van der Waals surface area contributed by atoms with Gasteiger partial charge < -0.3 is 11.5 Å². The Morgan fingerprint density at radius 1 is 1.62 bits per heavy atom. The minimum absolute atomic E-state index is 0.463. The number of primary amides is 1. The van der Waals surface area contributed by atoms with Crippen LogP contribution in [0, 0.1) is 0 Å². The van der Waals surface area contributed by atoms with Crippen LogP contribution in [0.5, 0.6) is 0 Å². The van der Waals surface area contributed by atoms with E-state index in [-0.39, 0.29) is 0 Å². The van der Waals surface area contributed by atoms with E-state index in [1.807, 2.05) is 0 Å². The number of aryl methyl sites for hydroxylation is 1. The van der Waals surface area contributed by atoms with Gasteiger partial charge in [-0.3, -0.25) is 9.48 Å². The molecule has 0 fully saturated rings. The van der Waals surface area contributed by atoms with Crippen molar-refractivity contribution in [2.75, 3.05) is 0 Å². The SMILES string of the molecule is CC(N)(CCCCn1cc(Cl)cn1)C(N)=O. The molecule has 1 aromatic heterocycles. The van der Waals surface area contributed by atoms with E-state index in [0.29, 0.717) is 11.4 Å². The number of halogens is 1. The Hall–Kier alpha value is -1.07. The van der Waals surface area contributed by atoms with Crippen molar-refractivity contribution in [3.63, 3.8) is 0 Å². The first-order chi connectivity index (χ1) is 7.42. The molecule has 0 aromatic carbocycles.